The lowest BCUT2D eigenvalue weighted by Crippen LogP contribution is -2.25. The average Bonchev–Trinajstić information content (AvgIpc) is 2.51. The van der Waals surface area contributed by atoms with E-state index in [0.29, 0.717) is 12.6 Å². The highest BCUT2D eigenvalue weighted by atomic mass is 19.1. The lowest BCUT2D eigenvalue weighted by molar-refractivity contribution is 0.0949. The Morgan fingerprint density at radius 2 is 1.91 bits per heavy atom. The van der Waals surface area contributed by atoms with Crippen molar-refractivity contribution in [3.8, 4) is 0 Å². The third-order valence-electron chi connectivity index (χ3n) is 3.04. The van der Waals surface area contributed by atoms with Gasteiger partial charge in [0.1, 0.15) is 17.5 Å². The van der Waals surface area contributed by atoms with Gasteiger partial charge in [-0.3, -0.25) is 4.79 Å². The van der Waals surface area contributed by atoms with Crippen molar-refractivity contribution in [2.75, 3.05) is 18.4 Å². The first kappa shape index (κ1) is 15.9. The summed E-state index contributed by atoms with van der Waals surface area (Å²) in [4.78, 5) is 15.9. The summed E-state index contributed by atoms with van der Waals surface area (Å²) in [6, 6.07) is 8.52. The molecule has 2 rings (SSSR count). The molecule has 0 fully saturated rings. The molecular weight excluding hydrogens is 288 g/mol. The van der Waals surface area contributed by atoms with E-state index in [0.717, 1.165) is 37.3 Å². The number of carbonyl (C=O) groups is 1. The zero-order valence-corrected chi connectivity index (χ0v) is 12.0. The van der Waals surface area contributed by atoms with Crippen LogP contribution in [0.1, 0.15) is 23.2 Å². The molecule has 0 aliphatic heterocycles. The number of nitrogens with zero attached hydrogens (tertiary/aromatic N) is 1. The first-order chi connectivity index (χ1) is 10.7. The van der Waals surface area contributed by atoms with Gasteiger partial charge in [0.25, 0.3) is 5.91 Å². The fourth-order valence-electron chi connectivity index (χ4n) is 1.90. The van der Waals surface area contributed by atoms with Crippen molar-refractivity contribution in [3.05, 3.63) is 59.8 Å². The topological polar surface area (TPSA) is 54.0 Å². The summed E-state index contributed by atoms with van der Waals surface area (Å²) in [6.45, 7) is 1.16. The summed E-state index contributed by atoms with van der Waals surface area (Å²) >= 11 is 0. The average molecular weight is 305 g/mol. The van der Waals surface area contributed by atoms with Crippen molar-refractivity contribution >= 4 is 11.7 Å². The molecule has 2 N–H and O–H groups in total. The number of rotatable bonds is 7. The summed E-state index contributed by atoms with van der Waals surface area (Å²) in [5.41, 5.74) is -0.145. The Labute approximate surface area is 127 Å². The van der Waals surface area contributed by atoms with Crippen molar-refractivity contribution in [1.29, 1.82) is 0 Å². The fourth-order valence-corrected chi connectivity index (χ4v) is 1.90. The Balaban J connectivity index is 1.65. The molecule has 0 aliphatic carbocycles. The molecular formula is C16H17F2N3O. The third kappa shape index (κ3) is 4.80. The van der Waals surface area contributed by atoms with Crippen LogP contribution < -0.4 is 10.6 Å². The Hall–Kier alpha value is -2.50. The zero-order valence-electron chi connectivity index (χ0n) is 12.0. The molecule has 22 heavy (non-hydrogen) atoms. The lowest BCUT2D eigenvalue weighted by Gasteiger charge is -2.07. The molecule has 1 heterocycles. The number of hydrogen-bond donors (Lipinski definition) is 2. The van der Waals surface area contributed by atoms with E-state index < -0.39 is 17.5 Å². The van der Waals surface area contributed by atoms with Crippen LogP contribution >= 0.6 is 0 Å². The van der Waals surface area contributed by atoms with E-state index in [1.54, 1.807) is 6.20 Å². The number of amides is 1. The summed E-state index contributed by atoms with van der Waals surface area (Å²) in [7, 11) is 0. The van der Waals surface area contributed by atoms with E-state index in [4.69, 9.17) is 0 Å². The molecule has 0 bridgehead atoms. The Bertz CT molecular complexity index is 620. The van der Waals surface area contributed by atoms with Crippen LogP contribution in [-0.4, -0.2) is 24.0 Å². The van der Waals surface area contributed by atoms with E-state index in [2.05, 4.69) is 15.6 Å². The number of pyridine rings is 1. The maximum atomic E-state index is 13.4. The van der Waals surface area contributed by atoms with Crippen molar-refractivity contribution in [2.24, 2.45) is 0 Å². The predicted molar refractivity (Wildman–Crippen MR) is 80.7 cm³/mol. The molecule has 0 atom stereocenters. The highest BCUT2D eigenvalue weighted by molar-refractivity contribution is 5.94. The standard InChI is InChI=1S/C16H17F2N3O/c17-12-6-7-13(14(18)11-12)16(22)21-10-4-3-9-20-15-5-1-2-8-19-15/h1-2,5-8,11H,3-4,9-10H2,(H,19,20)(H,21,22). The van der Waals surface area contributed by atoms with E-state index >= 15 is 0 Å². The second kappa shape index (κ2) is 8.07. The molecule has 4 nitrogen and oxygen atoms in total. The fraction of sp³-hybridized carbons (Fsp3) is 0.250. The van der Waals surface area contributed by atoms with Gasteiger partial charge in [0.2, 0.25) is 0 Å². The van der Waals surface area contributed by atoms with Gasteiger partial charge < -0.3 is 10.6 Å². The smallest absolute Gasteiger partial charge is 0.254 e. The van der Waals surface area contributed by atoms with E-state index in [9.17, 15) is 13.6 Å². The minimum Gasteiger partial charge on any atom is -0.370 e. The molecule has 0 spiro atoms. The van der Waals surface area contributed by atoms with Gasteiger partial charge in [-0.1, -0.05) is 6.07 Å². The van der Waals surface area contributed by atoms with Crippen LogP contribution in [0.25, 0.3) is 0 Å². The van der Waals surface area contributed by atoms with Gasteiger partial charge in [0.15, 0.2) is 0 Å². The molecule has 2 aromatic rings. The van der Waals surface area contributed by atoms with Gasteiger partial charge in [-0.05, 0) is 37.1 Å². The van der Waals surface area contributed by atoms with Gasteiger partial charge in [-0.25, -0.2) is 13.8 Å². The molecule has 0 aliphatic rings. The first-order valence-electron chi connectivity index (χ1n) is 7.05. The second-order valence-corrected chi connectivity index (χ2v) is 4.73. The zero-order chi connectivity index (χ0) is 15.8. The number of nitrogens with one attached hydrogen (secondary N) is 2. The lowest BCUT2D eigenvalue weighted by atomic mass is 10.2. The Morgan fingerprint density at radius 1 is 1.09 bits per heavy atom. The molecule has 1 amide bonds. The van der Waals surface area contributed by atoms with Gasteiger partial charge in [-0.2, -0.15) is 0 Å². The monoisotopic (exact) mass is 305 g/mol. The molecule has 1 aromatic heterocycles. The number of aromatic nitrogens is 1. The third-order valence-corrected chi connectivity index (χ3v) is 3.04. The summed E-state index contributed by atoms with van der Waals surface area (Å²) in [5, 5.41) is 5.77. The largest absolute Gasteiger partial charge is 0.370 e. The van der Waals surface area contributed by atoms with E-state index in [1.807, 2.05) is 18.2 Å². The Morgan fingerprint density at radius 3 is 2.64 bits per heavy atom. The van der Waals surface area contributed by atoms with Crippen molar-refractivity contribution in [1.82, 2.24) is 10.3 Å². The molecule has 0 unspecified atom stereocenters. The quantitative estimate of drug-likeness (QED) is 0.773. The maximum Gasteiger partial charge on any atom is 0.254 e. The molecule has 0 saturated carbocycles. The second-order valence-electron chi connectivity index (χ2n) is 4.73. The highest BCUT2D eigenvalue weighted by Crippen LogP contribution is 2.09. The van der Waals surface area contributed by atoms with Crippen LogP contribution in [0.4, 0.5) is 14.6 Å². The van der Waals surface area contributed by atoms with Gasteiger partial charge in [0, 0.05) is 25.4 Å². The van der Waals surface area contributed by atoms with Crippen LogP contribution in [0.3, 0.4) is 0 Å². The molecule has 1 aromatic carbocycles. The minimum atomic E-state index is -0.852. The Kier molecular flexibility index (Phi) is 5.82. The minimum absolute atomic E-state index is 0.145. The number of unbranched alkanes of at least 4 members (excludes halogenated alkanes) is 1. The van der Waals surface area contributed by atoms with Crippen LogP contribution in [0.5, 0.6) is 0 Å². The van der Waals surface area contributed by atoms with Crippen molar-refractivity contribution < 1.29 is 13.6 Å². The maximum absolute atomic E-state index is 13.4. The van der Waals surface area contributed by atoms with Crippen LogP contribution in [0, 0.1) is 11.6 Å². The van der Waals surface area contributed by atoms with Gasteiger partial charge in [0.05, 0.1) is 5.56 Å². The molecule has 0 radical (unpaired) electrons. The molecule has 116 valence electrons. The van der Waals surface area contributed by atoms with E-state index in [1.165, 1.54) is 0 Å². The van der Waals surface area contributed by atoms with Crippen molar-refractivity contribution in [3.63, 3.8) is 0 Å². The highest BCUT2D eigenvalue weighted by Gasteiger charge is 2.11. The SMILES string of the molecule is O=C(NCCCCNc1ccccn1)c1ccc(F)cc1F. The predicted octanol–water partition coefficient (Wildman–Crippen LogP) is 2.98. The number of halogens is 2. The summed E-state index contributed by atoms with van der Waals surface area (Å²) in [6.07, 6.45) is 3.29. The number of hydrogen-bond acceptors (Lipinski definition) is 3. The summed E-state index contributed by atoms with van der Waals surface area (Å²) < 4.78 is 26.2. The van der Waals surface area contributed by atoms with E-state index in [-0.39, 0.29) is 5.56 Å². The number of carbonyl (C=O) groups excluding carboxylic acids is 1. The van der Waals surface area contributed by atoms with Crippen molar-refractivity contribution in [2.45, 2.75) is 12.8 Å². The normalized spacial score (nSPS) is 10.3. The summed E-state index contributed by atoms with van der Waals surface area (Å²) in [5.74, 6) is -1.28. The molecule has 6 heteroatoms. The van der Waals surface area contributed by atoms with Crippen LogP contribution in [0.2, 0.25) is 0 Å². The van der Waals surface area contributed by atoms with Gasteiger partial charge in [-0.15, -0.1) is 0 Å². The van der Waals surface area contributed by atoms with Gasteiger partial charge >= 0.3 is 0 Å². The molecule has 0 saturated heterocycles. The number of benzene rings is 1. The van der Waals surface area contributed by atoms with Crippen LogP contribution in [0.15, 0.2) is 42.6 Å². The van der Waals surface area contributed by atoms with Crippen LogP contribution in [-0.2, 0) is 0 Å². The number of anilines is 1. The first-order valence-corrected chi connectivity index (χ1v) is 7.05.